The summed E-state index contributed by atoms with van der Waals surface area (Å²) in [6.07, 6.45) is 1.01. The molecule has 0 saturated carbocycles. The molecule has 1 fully saturated rings. The maximum Gasteiger partial charge on any atom is 0.416 e. The van der Waals surface area contributed by atoms with Crippen molar-refractivity contribution >= 4 is 0 Å². The Balaban J connectivity index is 1.09. The highest BCUT2D eigenvalue weighted by atomic mass is 19.4. The van der Waals surface area contributed by atoms with Crippen LogP contribution in [0.25, 0.3) is 0 Å². The molecule has 6 heteroatoms. The average molecular weight is 537 g/mol. The molecule has 2 heterocycles. The minimum absolute atomic E-state index is 0.303. The summed E-state index contributed by atoms with van der Waals surface area (Å²) in [4.78, 5) is 4.69. The van der Waals surface area contributed by atoms with Crippen LogP contribution < -0.4 is 4.74 Å². The van der Waals surface area contributed by atoms with E-state index in [4.69, 9.17) is 4.74 Å². The van der Waals surface area contributed by atoms with Gasteiger partial charge in [0.15, 0.2) is 0 Å². The molecule has 0 aliphatic carbocycles. The Morgan fingerprint density at radius 1 is 0.821 bits per heavy atom. The number of nitrogens with zero attached hydrogens (tertiary/aromatic N) is 2. The van der Waals surface area contributed by atoms with Crippen molar-refractivity contribution in [3.8, 4) is 5.75 Å². The minimum atomic E-state index is -4.33. The molecule has 0 atom stereocenters. The molecule has 39 heavy (non-hydrogen) atoms. The molecule has 3 aromatic rings. The van der Waals surface area contributed by atoms with E-state index in [-0.39, 0.29) is 0 Å². The minimum Gasteiger partial charge on any atom is -0.494 e. The lowest BCUT2D eigenvalue weighted by atomic mass is 9.93. The van der Waals surface area contributed by atoms with Crippen LogP contribution in [0.1, 0.15) is 59.1 Å². The number of rotatable bonds is 8. The fourth-order valence-electron chi connectivity index (χ4n) is 6.01. The molecular formula is C33H39F3N2O. The first-order chi connectivity index (χ1) is 18.8. The molecular weight excluding hydrogens is 497 g/mol. The van der Waals surface area contributed by atoms with E-state index >= 15 is 0 Å². The van der Waals surface area contributed by atoms with E-state index < -0.39 is 11.7 Å². The number of benzene rings is 3. The molecule has 3 nitrogen and oxygen atoms in total. The second-order valence-electron chi connectivity index (χ2n) is 11.2. The fourth-order valence-corrected chi connectivity index (χ4v) is 6.01. The maximum absolute atomic E-state index is 13.5. The SMILES string of the molecule is Cc1ccccc1CN1CCC(CCOc2ccc3c(c2)CCCN(Cc2ccccc2C(F)(F)F)C3)CC1. The van der Waals surface area contributed by atoms with Crippen LogP contribution in [0.15, 0.2) is 66.7 Å². The van der Waals surface area contributed by atoms with E-state index in [0.29, 0.717) is 24.6 Å². The monoisotopic (exact) mass is 536 g/mol. The van der Waals surface area contributed by atoms with Crippen LogP contribution in [-0.2, 0) is 32.2 Å². The van der Waals surface area contributed by atoms with Crippen LogP contribution in [0.2, 0.25) is 0 Å². The Morgan fingerprint density at radius 2 is 1.54 bits per heavy atom. The van der Waals surface area contributed by atoms with E-state index in [2.05, 4.69) is 53.1 Å². The number of hydrogen-bond donors (Lipinski definition) is 0. The third-order valence-electron chi connectivity index (χ3n) is 8.37. The Kier molecular flexibility index (Phi) is 8.93. The van der Waals surface area contributed by atoms with Crippen molar-refractivity contribution in [2.24, 2.45) is 5.92 Å². The topological polar surface area (TPSA) is 15.7 Å². The number of alkyl halides is 3. The van der Waals surface area contributed by atoms with Crippen molar-refractivity contribution in [1.82, 2.24) is 9.80 Å². The predicted molar refractivity (Wildman–Crippen MR) is 150 cm³/mol. The normalized spacial score (nSPS) is 17.5. The number of aryl methyl sites for hydroxylation is 2. The molecule has 0 N–H and O–H groups in total. The van der Waals surface area contributed by atoms with Crippen LogP contribution in [0.3, 0.4) is 0 Å². The largest absolute Gasteiger partial charge is 0.494 e. The Morgan fingerprint density at radius 3 is 2.31 bits per heavy atom. The van der Waals surface area contributed by atoms with Gasteiger partial charge in [-0.1, -0.05) is 48.5 Å². The van der Waals surface area contributed by atoms with Gasteiger partial charge in [-0.3, -0.25) is 9.80 Å². The van der Waals surface area contributed by atoms with Crippen LogP contribution >= 0.6 is 0 Å². The smallest absolute Gasteiger partial charge is 0.416 e. The lowest BCUT2D eigenvalue weighted by Crippen LogP contribution is -2.33. The zero-order valence-corrected chi connectivity index (χ0v) is 22.9. The number of halogens is 3. The number of piperidine rings is 1. The zero-order valence-electron chi connectivity index (χ0n) is 22.9. The summed E-state index contributed by atoms with van der Waals surface area (Å²) in [6.45, 7) is 7.97. The Hall–Kier alpha value is -2.83. The molecule has 2 aliphatic heterocycles. The van der Waals surface area contributed by atoms with Crippen LogP contribution in [0.5, 0.6) is 5.75 Å². The second-order valence-corrected chi connectivity index (χ2v) is 11.2. The molecule has 5 rings (SSSR count). The van der Waals surface area contributed by atoms with Gasteiger partial charge >= 0.3 is 6.18 Å². The summed E-state index contributed by atoms with van der Waals surface area (Å²) >= 11 is 0. The molecule has 0 amide bonds. The molecule has 0 unspecified atom stereocenters. The average Bonchev–Trinajstić information content (AvgIpc) is 3.12. The molecule has 2 aliphatic rings. The van der Waals surface area contributed by atoms with Gasteiger partial charge in [-0.2, -0.15) is 13.2 Å². The Bertz CT molecular complexity index is 1230. The van der Waals surface area contributed by atoms with Crippen molar-refractivity contribution in [1.29, 1.82) is 0 Å². The lowest BCUT2D eigenvalue weighted by molar-refractivity contribution is -0.138. The molecule has 0 radical (unpaired) electrons. The van der Waals surface area contributed by atoms with Gasteiger partial charge in [-0.25, -0.2) is 0 Å². The van der Waals surface area contributed by atoms with Gasteiger partial charge in [0.2, 0.25) is 0 Å². The third kappa shape index (κ3) is 7.43. The van der Waals surface area contributed by atoms with Crippen molar-refractivity contribution in [3.63, 3.8) is 0 Å². The Labute approximate surface area is 230 Å². The molecule has 1 saturated heterocycles. The van der Waals surface area contributed by atoms with Crippen molar-refractivity contribution < 1.29 is 17.9 Å². The van der Waals surface area contributed by atoms with Gasteiger partial charge in [0, 0.05) is 19.6 Å². The number of likely N-dealkylation sites (tertiary alicyclic amines) is 1. The predicted octanol–water partition coefficient (Wildman–Crippen LogP) is 7.64. The molecule has 0 aromatic heterocycles. The highest BCUT2D eigenvalue weighted by molar-refractivity contribution is 5.37. The molecule has 208 valence electrons. The quantitative estimate of drug-likeness (QED) is 0.294. The van der Waals surface area contributed by atoms with Crippen molar-refractivity contribution in [3.05, 3.63) is 100 Å². The number of ether oxygens (including phenoxy) is 1. The van der Waals surface area contributed by atoms with Gasteiger partial charge in [-0.05, 0) is 111 Å². The first-order valence-electron chi connectivity index (χ1n) is 14.2. The summed E-state index contributed by atoms with van der Waals surface area (Å²) in [5.41, 5.74) is 5.04. The zero-order chi connectivity index (χ0) is 27.2. The van der Waals surface area contributed by atoms with Crippen molar-refractivity contribution in [2.75, 3.05) is 26.2 Å². The van der Waals surface area contributed by atoms with Gasteiger partial charge in [0.1, 0.15) is 5.75 Å². The van der Waals surface area contributed by atoms with E-state index in [0.717, 1.165) is 57.8 Å². The van der Waals surface area contributed by atoms with E-state index in [9.17, 15) is 13.2 Å². The molecule has 0 spiro atoms. The summed E-state index contributed by atoms with van der Waals surface area (Å²) in [6, 6.07) is 20.9. The van der Waals surface area contributed by atoms with Gasteiger partial charge in [0.05, 0.1) is 12.2 Å². The summed E-state index contributed by atoms with van der Waals surface area (Å²) in [7, 11) is 0. The third-order valence-corrected chi connectivity index (χ3v) is 8.37. The second kappa shape index (κ2) is 12.6. The highest BCUT2D eigenvalue weighted by Gasteiger charge is 2.33. The van der Waals surface area contributed by atoms with Crippen LogP contribution in [0, 0.1) is 12.8 Å². The maximum atomic E-state index is 13.5. The lowest BCUT2D eigenvalue weighted by Gasteiger charge is -2.32. The first-order valence-corrected chi connectivity index (χ1v) is 14.2. The van der Waals surface area contributed by atoms with Gasteiger partial charge in [-0.15, -0.1) is 0 Å². The van der Waals surface area contributed by atoms with Crippen LogP contribution in [0.4, 0.5) is 13.2 Å². The van der Waals surface area contributed by atoms with Crippen molar-refractivity contribution in [2.45, 2.75) is 64.8 Å². The first kappa shape index (κ1) is 27.7. The van der Waals surface area contributed by atoms with E-state index in [1.165, 1.54) is 47.2 Å². The van der Waals surface area contributed by atoms with Gasteiger partial charge < -0.3 is 4.74 Å². The summed E-state index contributed by atoms with van der Waals surface area (Å²) < 4.78 is 46.6. The van der Waals surface area contributed by atoms with E-state index in [1.807, 2.05) is 6.07 Å². The standard InChI is InChI=1S/C33H39F3N2O/c1-25-7-2-3-8-28(25)22-37-18-14-26(15-19-37)16-20-39-31-13-12-29-23-38(17-6-10-27(29)21-31)24-30-9-4-5-11-32(30)33(34,35)36/h2-5,7-9,11-13,21,26H,6,10,14-20,22-24H2,1H3. The molecule has 0 bridgehead atoms. The summed E-state index contributed by atoms with van der Waals surface area (Å²) in [5.74, 6) is 1.61. The highest BCUT2D eigenvalue weighted by Crippen LogP contribution is 2.33. The number of fused-ring (bicyclic) bond motifs is 1. The molecule has 3 aromatic carbocycles. The van der Waals surface area contributed by atoms with Crippen LogP contribution in [-0.4, -0.2) is 36.0 Å². The number of hydrogen-bond acceptors (Lipinski definition) is 3. The van der Waals surface area contributed by atoms with Gasteiger partial charge in [0.25, 0.3) is 0 Å². The fraction of sp³-hybridized carbons (Fsp3) is 0.455. The van der Waals surface area contributed by atoms with E-state index in [1.54, 1.807) is 12.1 Å². The summed E-state index contributed by atoms with van der Waals surface area (Å²) in [5, 5.41) is 0.